The molecule has 0 spiro atoms. The number of carboxylic acids is 1. The summed E-state index contributed by atoms with van der Waals surface area (Å²) >= 11 is 1.33. The first-order chi connectivity index (χ1) is 8.75. The van der Waals surface area contributed by atoms with E-state index in [9.17, 15) is 4.79 Å². The Hall–Kier alpha value is -2.13. The van der Waals surface area contributed by atoms with E-state index in [0.29, 0.717) is 4.88 Å². The van der Waals surface area contributed by atoms with Gasteiger partial charge in [0.2, 0.25) is 0 Å². The Morgan fingerprint density at radius 2 is 1.78 bits per heavy atom. The van der Waals surface area contributed by atoms with Crippen LogP contribution in [0.3, 0.4) is 0 Å². The van der Waals surface area contributed by atoms with Gasteiger partial charge in [-0.15, -0.1) is 11.3 Å². The standard InChI is InChI=1S/C15H10O2S/c16-15(17)13-9-11-7-4-8-12(14(11)18-13)10-5-2-1-3-6-10/h1-9H,(H,16,17). The second kappa shape index (κ2) is 4.27. The molecule has 2 nitrogen and oxygen atoms in total. The van der Waals surface area contributed by atoms with Crippen molar-refractivity contribution < 1.29 is 9.90 Å². The Bertz CT molecular complexity index is 714. The zero-order chi connectivity index (χ0) is 12.5. The number of benzene rings is 2. The summed E-state index contributed by atoms with van der Waals surface area (Å²) in [6, 6.07) is 17.7. The summed E-state index contributed by atoms with van der Waals surface area (Å²) in [6.45, 7) is 0. The van der Waals surface area contributed by atoms with Crippen LogP contribution in [0.1, 0.15) is 9.67 Å². The van der Waals surface area contributed by atoms with Crippen LogP contribution < -0.4 is 0 Å². The summed E-state index contributed by atoms with van der Waals surface area (Å²) in [4.78, 5) is 11.4. The third kappa shape index (κ3) is 1.79. The van der Waals surface area contributed by atoms with Gasteiger partial charge in [0, 0.05) is 4.70 Å². The van der Waals surface area contributed by atoms with E-state index in [0.717, 1.165) is 21.2 Å². The molecule has 1 aromatic heterocycles. The predicted molar refractivity (Wildman–Crippen MR) is 74.2 cm³/mol. The van der Waals surface area contributed by atoms with Crippen LogP contribution in [0.15, 0.2) is 54.6 Å². The predicted octanol–water partition coefficient (Wildman–Crippen LogP) is 4.27. The van der Waals surface area contributed by atoms with Crippen LogP contribution in [0, 0.1) is 0 Å². The molecule has 2 aromatic carbocycles. The normalized spacial score (nSPS) is 10.7. The summed E-state index contributed by atoms with van der Waals surface area (Å²) in [5, 5.41) is 10.0. The van der Waals surface area contributed by atoms with Crippen molar-refractivity contribution in [3.05, 3.63) is 59.5 Å². The van der Waals surface area contributed by atoms with Crippen LogP contribution in [-0.4, -0.2) is 11.1 Å². The molecular weight excluding hydrogens is 244 g/mol. The van der Waals surface area contributed by atoms with E-state index in [1.54, 1.807) is 6.07 Å². The fourth-order valence-electron chi connectivity index (χ4n) is 2.01. The summed E-state index contributed by atoms with van der Waals surface area (Å²) in [5.41, 5.74) is 2.20. The molecular formula is C15H10O2S. The van der Waals surface area contributed by atoms with Crippen molar-refractivity contribution in [2.24, 2.45) is 0 Å². The first kappa shape index (κ1) is 11.0. The molecule has 0 aliphatic carbocycles. The molecule has 0 fully saturated rings. The maximum absolute atomic E-state index is 11.0. The molecule has 3 rings (SSSR count). The van der Waals surface area contributed by atoms with Gasteiger partial charge in [0.1, 0.15) is 4.88 Å². The fraction of sp³-hybridized carbons (Fsp3) is 0. The first-order valence-electron chi connectivity index (χ1n) is 5.57. The number of hydrogen-bond acceptors (Lipinski definition) is 2. The monoisotopic (exact) mass is 254 g/mol. The molecule has 0 saturated carbocycles. The molecule has 0 radical (unpaired) electrons. The molecule has 0 bridgehead atoms. The Labute approximate surface area is 108 Å². The van der Waals surface area contributed by atoms with E-state index in [2.05, 4.69) is 0 Å². The van der Waals surface area contributed by atoms with Gasteiger partial charge < -0.3 is 5.11 Å². The average molecular weight is 254 g/mol. The van der Waals surface area contributed by atoms with Crippen LogP contribution in [0.5, 0.6) is 0 Å². The molecule has 0 atom stereocenters. The highest BCUT2D eigenvalue weighted by atomic mass is 32.1. The minimum absolute atomic E-state index is 0.383. The van der Waals surface area contributed by atoms with Crippen molar-refractivity contribution in [3.8, 4) is 11.1 Å². The molecule has 0 amide bonds. The van der Waals surface area contributed by atoms with Gasteiger partial charge in [-0.3, -0.25) is 0 Å². The highest BCUT2D eigenvalue weighted by Crippen LogP contribution is 2.34. The van der Waals surface area contributed by atoms with Gasteiger partial charge in [-0.1, -0.05) is 48.5 Å². The summed E-state index contributed by atoms with van der Waals surface area (Å²) in [7, 11) is 0. The average Bonchev–Trinajstić information content (AvgIpc) is 2.83. The Morgan fingerprint density at radius 1 is 1.00 bits per heavy atom. The highest BCUT2D eigenvalue weighted by molar-refractivity contribution is 7.21. The van der Waals surface area contributed by atoms with E-state index >= 15 is 0 Å². The molecule has 0 aliphatic heterocycles. The summed E-state index contributed by atoms with van der Waals surface area (Å²) in [5.74, 6) is -0.866. The summed E-state index contributed by atoms with van der Waals surface area (Å²) in [6.07, 6.45) is 0. The van der Waals surface area contributed by atoms with Crippen LogP contribution >= 0.6 is 11.3 Å². The lowest BCUT2D eigenvalue weighted by atomic mass is 10.0. The van der Waals surface area contributed by atoms with Gasteiger partial charge in [-0.05, 0) is 22.6 Å². The quantitative estimate of drug-likeness (QED) is 0.741. The van der Waals surface area contributed by atoms with E-state index in [-0.39, 0.29) is 0 Å². The number of fused-ring (bicyclic) bond motifs is 1. The Kier molecular flexibility index (Phi) is 2.61. The van der Waals surface area contributed by atoms with E-state index in [4.69, 9.17) is 5.11 Å². The molecule has 1 heterocycles. The number of hydrogen-bond donors (Lipinski definition) is 1. The second-order valence-electron chi connectivity index (χ2n) is 4.01. The van der Waals surface area contributed by atoms with Crippen molar-refractivity contribution in [1.29, 1.82) is 0 Å². The second-order valence-corrected chi connectivity index (χ2v) is 5.06. The highest BCUT2D eigenvalue weighted by Gasteiger charge is 2.11. The van der Waals surface area contributed by atoms with Crippen molar-refractivity contribution in [2.45, 2.75) is 0 Å². The molecule has 88 valence electrons. The topological polar surface area (TPSA) is 37.3 Å². The number of aromatic carboxylic acids is 1. The zero-order valence-electron chi connectivity index (χ0n) is 9.46. The van der Waals surface area contributed by atoms with Crippen molar-refractivity contribution >= 4 is 27.4 Å². The number of thiophene rings is 1. The lowest BCUT2D eigenvalue weighted by Crippen LogP contribution is -1.89. The molecule has 3 aromatic rings. The molecule has 0 aliphatic rings. The van der Waals surface area contributed by atoms with Gasteiger partial charge in [-0.25, -0.2) is 4.79 Å². The number of carboxylic acid groups (broad SMARTS) is 1. The van der Waals surface area contributed by atoms with Crippen molar-refractivity contribution in [3.63, 3.8) is 0 Å². The Morgan fingerprint density at radius 3 is 2.50 bits per heavy atom. The van der Waals surface area contributed by atoms with Crippen LogP contribution in [-0.2, 0) is 0 Å². The van der Waals surface area contributed by atoms with Crippen LogP contribution in [0.2, 0.25) is 0 Å². The maximum atomic E-state index is 11.0. The van der Waals surface area contributed by atoms with Gasteiger partial charge in [0.15, 0.2) is 0 Å². The molecule has 0 saturated heterocycles. The molecule has 3 heteroatoms. The van der Waals surface area contributed by atoms with E-state index < -0.39 is 5.97 Å². The zero-order valence-corrected chi connectivity index (χ0v) is 10.3. The van der Waals surface area contributed by atoms with Gasteiger partial charge in [0.25, 0.3) is 0 Å². The van der Waals surface area contributed by atoms with Gasteiger partial charge >= 0.3 is 5.97 Å². The van der Waals surface area contributed by atoms with Crippen molar-refractivity contribution in [2.75, 3.05) is 0 Å². The number of carbonyl (C=O) groups is 1. The van der Waals surface area contributed by atoms with E-state index in [1.807, 2.05) is 48.5 Å². The first-order valence-corrected chi connectivity index (χ1v) is 6.38. The molecule has 1 N–H and O–H groups in total. The van der Waals surface area contributed by atoms with Crippen LogP contribution in [0.25, 0.3) is 21.2 Å². The lowest BCUT2D eigenvalue weighted by molar-refractivity contribution is 0.0702. The van der Waals surface area contributed by atoms with Crippen molar-refractivity contribution in [1.82, 2.24) is 0 Å². The largest absolute Gasteiger partial charge is 0.477 e. The van der Waals surface area contributed by atoms with Crippen LogP contribution in [0.4, 0.5) is 0 Å². The fourth-order valence-corrected chi connectivity index (χ4v) is 3.05. The minimum atomic E-state index is -0.866. The van der Waals surface area contributed by atoms with Gasteiger partial charge in [0.05, 0.1) is 0 Å². The smallest absolute Gasteiger partial charge is 0.345 e. The maximum Gasteiger partial charge on any atom is 0.345 e. The molecule has 0 unspecified atom stereocenters. The minimum Gasteiger partial charge on any atom is -0.477 e. The Balaban J connectivity index is 2.27. The number of rotatable bonds is 2. The SMILES string of the molecule is O=C(O)c1cc2cccc(-c3ccccc3)c2s1. The van der Waals surface area contributed by atoms with Gasteiger partial charge in [-0.2, -0.15) is 0 Å². The lowest BCUT2D eigenvalue weighted by Gasteiger charge is -2.02. The summed E-state index contributed by atoms with van der Waals surface area (Å²) < 4.78 is 1.03. The molecule has 18 heavy (non-hydrogen) atoms. The van der Waals surface area contributed by atoms with E-state index in [1.165, 1.54) is 11.3 Å². The third-order valence-electron chi connectivity index (χ3n) is 2.84. The third-order valence-corrected chi connectivity index (χ3v) is 4.01.